The predicted molar refractivity (Wildman–Crippen MR) is 77.7 cm³/mol. The molecule has 1 aromatic heterocycles. The van der Waals surface area contributed by atoms with Gasteiger partial charge in [-0.15, -0.1) is 11.3 Å². The number of nitrogens with zero attached hydrogens (tertiary/aromatic N) is 1. The fourth-order valence-electron chi connectivity index (χ4n) is 2.23. The van der Waals surface area contributed by atoms with Crippen molar-refractivity contribution in [3.8, 4) is 0 Å². The van der Waals surface area contributed by atoms with Gasteiger partial charge in [-0.05, 0) is 19.4 Å². The summed E-state index contributed by atoms with van der Waals surface area (Å²) in [6.45, 7) is 4.02. The van der Waals surface area contributed by atoms with Crippen molar-refractivity contribution in [2.75, 3.05) is 18.1 Å². The lowest BCUT2D eigenvalue weighted by atomic mass is 10.1. The van der Waals surface area contributed by atoms with E-state index in [1.54, 1.807) is 13.0 Å². The second kappa shape index (κ2) is 6.26. The molecule has 2 heterocycles. The zero-order valence-corrected chi connectivity index (χ0v) is 12.7. The first kappa shape index (κ1) is 15.5. The Labute approximate surface area is 126 Å². The van der Waals surface area contributed by atoms with Crippen molar-refractivity contribution in [3.05, 3.63) is 16.5 Å². The summed E-state index contributed by atoms with van der Waals surface area (Å²) in [6, 6.07) is 1.72. The minimum Gasteiger partial charge on any atom is -0.481 e. The van der Waals surface area contributed by atoms with Gasteiger partial charge in [0.2, 0.25) is 5.91 Å². The molecule has 1 unspecified atom stereocenters. The molecule has 1 saturated heterocycles. The number of carbonyl (C=O) groups excluding carboxylic acids is 2. The van der Waals surface area contributed by atoms with E-state index in [0.29, 0.717) is 10.6 Å². The zero-order chi connectivity index (χ0) is 15.6. The molecule has 6 nitrogen and oxygen atoms in total. The standard InChI is InChI=1S/C14H17NO5S/c1-3-9-6-10(14(19)20-4-2)12(21-9)15-7-8(13(17)18)5-11(15)16/h6,8H,3-5,7H2,1-2H3,(H,17,18). The molecule has 0 aromatic carbocycles. The van der Waals surface area contributed by atoms with E-state index in [2.05, 4.69) is 0 Å². The Morgan fingerprint density at radius 2 is 2.19 bits per heavy atom. The maximum absolute atomic E-state index is 12.0. The number of aryl methyl sites for hydroxylation is 1. The Balaban J connectivity index is 2.34. The molecule has 2 rings (SSSR count). The zero-order valence-electron chi connectivity index (χ0n) is 11.9. The SMILES string of the molecule is CCOC(=O)c1cc(CC)sc1N1CC(C(=O)O)CC1=O. The second-order valence-corrected chi connectivity index (χ2v) is 5.86. The average molecular weight is 311 g/mol. The molecule has 0 spiro atoms. The van der Waals surface area contributed by atoms with Crippen molar-refractivity contribution >= 4 is 34.2 Å². The normalized spacial score (nSPS) is 18.1. The molecular formula is C14H17NO5S. The van der Waals surface area contributed by atoms with Gasteiger partial charge in [-0.25, -0.2) is 4.79 Å². The van der Waals surface area contributed by atoms with E-state index < -0.39 is 17.9 Å². The van der Waals surface area contributed by atoms with Crippen LogP contribution in [0, 0.1) is 5.92 Å². The number of esters is 1. The van der Waals surface area contributed by atoms with Crippen LogP contribution < -0.4 is 4.90 Å². The van der Waals surface area contributed by atoms with Gasteiger partial charge in [-0.3, -0.25) is 9.59 Å². The summed E-state index contributed by atoms with van der Waals surface area (Å²) < 4.78 is 5.01. The van der Waals surface area contributed by atoms with Crippen LogP contribution in [-0.2, 0) is 20.7 Å². The molecule has 1 aliphatic heterocycles. The van der Waals surface area contributed by atoms with Gasteiger partial charge in [0.25, 0.3) is 0 Å². The van der Waals surface area contributed by atoms with Crippen molar-refractivity contribution in [1.29, 1.82) is 0 Å². The lowest BCUT2D eigenvalue weighted by Crippen LogP contribution is -2.26. The highest BCUT2D eigenvalue weighted by molar-refractivity contribution is 7.16. The highest BCUT2D eigenvalue weighted by Gasteiger charge is 2.37. The summed E-state index contributed by atoms with van der Waals surface area (Å²) in [5.74, 6) is -2.46. The van der Waals surface area contributed by atoms with Crippen LogP contribution in [-0.4, -0.2) is 36.1 Å². The van der Waals surface area contributed by atoms with Gasteiger partial charge in [0.1, 0.15) is 5.00 Å². The summed E-state index contributed by atoms with van der Waals surface area (Å²) in [5, 5.41) is 9.54. The third-order valence-corrected chi connectivity index (χ3v) is 4.63. The molecule has 21 heavy (non-hydrogen) atoms. The number of carboxylic acid groups (broad SMARTS) is 1. The molecule has 114 valence electrons. The van der Waals surface area contributed by atoms with E-state index in [0.717, 1.165) is 11.3 Å². The molecule has 0 saturated carbocycles. The van der Waals surface area contributed by atoms with E-state index >= 15 is 0 Å². The van der Waals surface area contributed by atoms with Crippen LogP contribution >= 0.6 is 11.3 Å². The Morgan fingerprint density at radius 3 is 2.71 bits per heavy atom. The average Bonchev–Trinajstić information content (AvgIpc) is 3.02. The van der Waals surface area contributed by atoms with Crippen molar-refractivity contribution in [3.63, 3.8) is 0 Å². The van der Waals surface area contributed by atoms with Crippen LogP contribution in [0.4, 0.5) is 5.00 Å². The number of carboxylic acids is 1. The van der Waals surface area contributed by atoms with E-state index in [-0.39, 0.29) is 25.5 Å². The van der Waals surface area contributed by atoms with E-state index in [4.69, 9.17) is 9.84 Å². The molecule has 7 heteroatoms. The predicted octanol–water partition coefficient (Wildman–Crippen LogP) is 1.92. The van der Waals surface area contributed by atoms with Gasteiger partial charge >= 0.3 is 11.9 Å². The molecule has 1 N–H and O–H groups in total. The van der Waals surface area contributed by atoms with Crippen molar-refractivity contribution < 1.29 is 24.2 Å². The fraction of sp³-hybridized carbons (Fsp3) is 0.500. The van der Waals surface area contributed by atoms with E-state index in [1.165, 1.54) is 16.2 Å². The highest BCUT2D eigenvalue weighted by Crippen LogP contribution is 2.36. The summed E-state index contributed by atoms with van der Waals surface area (Å²) in [6.07, 6.45) is 0.707. The number of aliphatic carboxylic acids is 1. The first-order valence-corrected chi connectivity index (χ1v) is 7.62. The number of hydrogen-bond donors (Lipinski definition) is 1. The summed E-state index contributed by atoms with van der Waals surface area (Å²) in [4.78, 5) is 37.4. The lowest BCUT2D eigenvalue weighted by Gasteiger charge is -2.15. The van der Waals surface area contributed by atoms with Crippen LogP contribution in [0.15, 0.2) is 6.07 Å². The first-order chi connectivity index (χ1) is 9.97. The Morgan fingerprint density at radius 1 is 1.48 bits per heavy atom. The fourth-order valence-corrected chi connectivity index (χ4v) is 3.34. The minimum absolute atomic E-state index is 0.0308. The molecule has 0 radical (unpaired) electrons. The molecular weight excluding hydrogens is 294 g/mol. The number of ether oxygens (including phenoxy) is 1. The van der Waals surface area contributed by atoms with Gasteiger partial charge in [0, 0.05) is 17.8 Å². The quantitative estimate of drug-likeness (QED) is 0.840. The maximum atomic E-state index is 12.0. The molecule has 1 aromatic rings. The van der Waals surface area contributed by atoms with Gasteiger partial charge in [-0.1, -0.05) is 6.92 Å². The molecule has 0 bridgehead atoms. The number of thiophene rings is 1. The number of carbonyl (C=O) groups is 3. The van der Waals surface area contributed by atoms with Crippen molar-refractivity contribution in [2.24, 2.45) is 5.92 Å². The summed E-state index contributed by atoms with van der Waals surface area (Å²) in [7, 11) is 0. The van der Waals surface area contributed by atoms with Gasteiger partial charge in [-0.2, -0.15) is 0 Å². The Hall–Kier alpha value is -1.89. The monoisotopic (exact) mass is 311 g/mol. The smallest absolute Gasteiger partial charge is 0.341 e. The molecule has 1 aliphatic rings. The third kappa shape index (κ3) is 3.07. The highest BCUT2D eigenvalue weighted by atomic mass is 32.1. The number of hydrogen-bond acceptors (Lipinski definition) is 5. The van der Waals surface area contributed by atoms with Gasteiger partial charge in [0.15, 0.2) is 0 Å². The van der Waals surface area contributed by atoms with Crippen LogP contribution in [0.25, 0.3) is 0 Å². The second-order valence-electron chi connectivity index (χ2n) is 4.75. The maximum Gasteiger partial charge on any atom is 0.341 e. The Bertz CT molecular complexity index is 580. The summed E-state index contributed by atoms with van der Waals surface area (Å²) >= 11 is 1.34. The Kier molecular flexibility index (Phi) is 4.62. The summed E-state index contributed by atoms with van der Waals surface area (Å²) in [5.41, 5.74) is 0.345. The van der Waals surface area contributed by atoms with Gasteiger partial charge in [0.05, 0.1) is 18.1 Å². The van der Waals surface area contributed by atoms with Crippen LogP contribution in [0.3, 0.4) is 0 Å². The van der Waals surface area contributed by atoms with Crippen LogP contribution in [0.2, 0.25) is 0 Å². The van der Waals surface area contributed by atoms with Gasteiger partial charge < -0.3 is 14.7 Å². The largest absolute Gasteiger partial charge is 0.481 e. The minimum atomic E-state index is -0.990. The topological polar surface area (TPSA) is 83.9 Å². The molecule has 1 fully saturated rings. The third-order valence-electron chi connectivity index (χ3n) is 3.33. The number of amides is 1. The van der Waals surface area contributed by atoms with Crippen LogP contribution in [0.5, 0.6) is 0 Å². The first-order valence-electron chi connectivity index (χ1n) is 6.80. The van der Waals surface area contributed by atoms with Crippen molar-refractivity contribution in [2.45, 2.75) is 26.7 Å². The van der Waals surface area contributed by atoms with E-state index in [9.17, 15) is 14.4 Å². The molecule has 1 amide bonds. The van der Waals surface area contributed by atoms with Crippen LogP contribution in [0.1, 0.15) is 35.5 Å². The number of rotatable bonds is 5. The molecule has 1 atom stereocenters. The van der Waals surface area contributed by atoms with E-state index in [1.807, 2.05) is 6.92 Å². The molecule has 0 aliphatic carbocycles. The number of anilines is 1. The van der Waals surface area contributed by atoms with Crippen molar-refractivity contribution in [1.82, 2.24) is 0 Å². The lowest BCUT2D eigenvalue weighted by molar-refractivity contribution is -0.141.